The Balaban J connectivity index is 1.68. The molecule has 9 heteroatoms. The molecule has 2 aromatic heterocycles. The molecule has 0 unspecified atom stereocenters. The fourth-order valence-corrected chi connectivity index (χ4v) is 3.95. The van der Waals surface area contributed by atoms with Crippen LogP contribution in [0.3, 0.4) is 0 Å². The molecule has 1 fully saturated rings. The second kappa shape index (κ2) is 6.47. The zero-order valence-electron chi connectivity index (χ0n) is 15.2. The van der Waals surface area contributed by atoms with E-state index in [0.29, 0.717) is 21.6 Å². The van der Waals surface area contributed by atoms with Crippen LogP contribution >= 0.6 is 0 Å². The Morgan fingerprint density at radius 2 is 1.86 bits per heavy atom. The summed E-state index contributed by atoms with van der Waals surface area (Å²) in [5, 5.41) is 3.84. The molecule has 0 amide bonds. The van der Waals surface area contributed by atoms with Crippen LogP contribution in [0, 0.1) is 5.92 Å². The van der Waals surface area contributed by atoms with Crippen molar-refractivity contribution in [3.05, 3.63) is 41.7 Å². The first kappa shape index (κ1) is 18.0. The summed E-state index contributed by atoms with van der Waals surface area (Å²) in [5.74, 6) is 0.579. The summed E-state index contributed by atoms with van der Waals surface area (Å²) in [4.78, 5) is 17.3. The van der Waals surface area contributed by atoms with Crippen molar-refractivity contribution in [2.75, 3.05) is 6.79 Å². The highest BCUT2D eigenvalue weighted by atomic mass is 19.4. The fourth-order valence-electron chi connectivity index (χ4n) is 3.95. The molecule has 1 aromatic carbocycles. The molecule has 0 saturated heterocycles. The zero-order chi connectivity index (χ0) is 20.2. The Bertz CT molecular complexity index is 1120. The van der Waals surface area contributed by atoms with Crippen molar-refractivity contribution in [3.63, 3.8) is 0 Å². The number of carbonyl (C=O) groups excluding carboxylic acids is 1. The van der Waals surface area contributed by atoms with E-state index < -0.39 is 11.9 Å². The summed E-state index contributed by atoms with van der Waals surface area (Å²) >= 11 is 0. The minimum Gasteiger partial charge on any atom is -0.454 e. The fraction of sp³-hybridized carbons (Fsp3) is 0.350. The first-order chi connectivity index (χ1) is 13.9. The summed E-state index contributed by atoms with van der Waals surface area (Å²) in [5.41, 5.74) is -0.415. The lowest BCUT2D eigenvalue weighted by molar-refractivity contribution is -0.142. The van der Waals surface area contributed by atoms with Gasteiger partial charge in [0.15, 0.2) is 28.6 Å². The standard InChI is InChI=1S/C20H16F3N3O3/c21-20(22,23)17-8-14(12-5-6-15-16(7-12)29-10-28-15)25-19-13(9-24-26(17)19)18(27)11-3-1-2-4-11/h5-9,11H,1-4,10H2. The molecule has 1 aliphatic heterocycles. The molecule has 0 spiro atoms. The van der Waals surface area contributed by atoms with Crippen LogP contribution in [0.25, 0.3) is 16.9 Å². The van der Waals surface area contributed by atoms with E-state index in [2.05, 4.69) is 10.1 Å². The van der Waals surface area contributed by atoms with Gasteiger partial charge in [0.1, 0.15) is 0 Å². The van der Waals surface area contributed by atoms with Gasteiger partial charge in [0.05, 0.1) is 17.5 Å². The van der Waals surface area contributed by atoms with Gasteiger partial charge in [0, 0.05) is 11.5 Å². The molecule has 1 aliphatic carbocycles. The lowest BCUT2D eigenvalue weighted by atomic mass is 9.98. The molecular formula is C20H16F3N3O3. The van der Waals surface area contributed by atoms with Crippen molar-refractivity contribution >= 4 is 11.4 Å². The predicted molar refractivity (Wildman–Crippen MR) is 95.8 cm³/mol. The third kappa shape index (κ3) is 3.01. The molecule has 0 radical (unpaired) electrons. The van der Waals surface area contributed by atoms with Crippen LogP contribution in [0.2, 0.25) is 0 Å². The van der Waals surface area contributed by atoms with E-state index in [1.54, 1.807) is 18.2 Å². The van der Waals surface area contributed by atoms with Crippen LogP contribution in [-0.2, 0) is 6.18 Å². The number of benzene rings is 1. The lowest BCUT2D eigenvalue weighted by Gasteiger charge is -2.12. The lowest BCUT2D eigenvalue weighted by Crippen LogP contribution is -2.15. The molecule has 6 nitrogen and oxygen atoms in total. The minimum atomic E-state index is -4.66. The molecule has 0 atom stereocenters. The van der Waals surface area contributed by atoms with Crippen molar-refractivity contribution in [1.29, 1.82) is 0 Å². The third-order valence-corrected chi connectivity index (χ3v) is 5.42. The van der Waals surface area contributed by atoms with Gasteiger partial charge in [-0.1, -0.05) is 12.8 Å². The summed E-state index contributed by atoms with van der Waals surface area (Å²) in [6.45, 7) is 0.0573. The number of fused-ring (bicyclic) bond motifs is 2. The van der Waals surface area contributed by atoms with Gasteiger partial charge < -0.3 is 9.47 Å². The number of rotatable bonds is 3. The van der Waals surface area contributed by atoms with Gasteiger partial charge in [-0.2, -0.15) is 18.3 Å². The molecule has 150 valence electrons. The largest absolute Gasteiger partial charge is 0.454 e. The Hall–Kier alpha value is -3.10. The van der Waals surface area contributed by atoms with E-state index >= 15 is 0 Å². The molecule has 0 N–H and O–H groups in total. The quantitative estimate of drug-likeness (QED) is 0.602. The molecule has 2 aliphatic rings. The van der Waals surface area contributed by atoms with E-state index in [1.807, 2.05) is 0 Å². The number of alkyl halides is 3. The molecule has 1 saturated carbocycles. The van der Waals surface area contributed by atoms with E-state index in [4.69, 9.17) is 9.47 Å². The van der Waals surface area contributed by atoms with Gasteiger partial charge in [-0.15, -0.1) is 0 Å². The van der Waals surface area contributed by atoms with Crippen LogP contribution in [-0.4, -0.2) is 27.2 Å². The van der Waals surface area contributed by atoms with Gasteiger partial charge in [-0.3, -0.25) is 4.79 Å². The van der Waals surface area contributed by atoms with Crippen molar-refractivity contribution in [2.45, 2.75) is 31.9 Å². The number of hydrogen-bond donors (Lipinski definition) is 0. The SMILES string of the molecule is O=C(c1cnn2c(C(F)(F)F)cc(-c3ccc4c(c3)OCO4)nc12)C1CCCC1. The molecule has 3 heterocycles. The highest BCUT2D eigenvalue weighted by Gasteiger charge is 2.37. The van der Waals surface area contributed by atoms with Crippen LogP contribution in [0.5, 0.6) is 11.5 Å². The van der Waals surface area contributed by atoms with E-state index in [0.717, 1.165) is 31.7 Å². The maximum Gasteiger partial charge on any atom is 0.433 e. The molecule has 3 aromatic rings. The predicted octanol–water partition coefficient (Wildman–Crippen LogP) is 4.52. The van der Waals surface area contributed by atoms with Gasteiger partial charge in [0.2, 0.25) is 6.79 Å². The summed E-state index contributed by atoms with van der Waals surface area (Å²) in [6, 6.07) is 5.75. The minimum absolute atomic E-state index is 0.0573. The van der Waals surface area contributed by atoms with E-state index in [9.17, 15) is 18.0 Å². The molecular weight excluding hydrogens is 387 g/mol. The average Bonchev–Trinajstić information content (AvgIpc) is 3.45. The van der Waals surface area contributed by atoms with Gasteiger partial charge in [-0.25, -0.2) is 9.50 Å². The number of nitrogens with zero attached hydrogens (tertiary/aromatic N) is 3. The van der Waals surface area contributed by atoms with E-state index in [-0.39, 0.29) is 35.4 Å². The Morgan fingerprint density at radius 1 is 1.10 bits per heavy atom. The Kier molecular flexibility index (Phi) is 4.01. The summed E-state index contributed by atoms with van der Waals surface area (Å²) < 4.78 is 52.5. The summed E-state index contributed by atoms with van der Waals surface area (Å²) in [7, 11) is 0. The number of halogens is 3. The number of ether oxygens (including phenoxy) is 2. The normalized spacial score (nSPS) is 16.7. The van der Waals surface area contributed by atoms with Crippen LogP contribution in [0.15, 0.2) is 30.5 Å². The zero-order valence-corrected chi connectivity index (χ0v) is 15.2. The number of hydrogen-bond acceptors (Lipinski definition) is 5. The van der Waals surface area contributed by atoms with Crippen LogP contribution < -0.4 is 9.47 Å². The first-order valence-electron chi connectivity index (χ1n) is 9.32. The number of carbonyl (C=O) groups is 1. The van der Waals surface area contributed by atoms with Gasteiger partial charge in [-0.05, 0) is 37.1 Å². The van der Waals surface area contributed by atoms with Crippen molar-refractivity contribution in [3.8, 4) is 22.8 Å². The molecule has 5 rings (SSSR count). The van der Waals surface area contributed by atoms with Crippen molar-refractivity contribution in [2.24, 2.45) is 5.92 Å². The Morgan fingerprint density at radius 3 is 2.62 bits per heavy atom. The number of ketones is 1. The molecule has 0 bridgehead atoms. The van der Waals surface area contributed by atoms with Crippen molar-refractivity contribution < 1.29 is 27.4 Å². The van der Waals surface area contributed by atoms with Gasteiger partial charge >= 0.3 is 6.18 Å². The van der Waals surface area contributed by atoms with E-state index in [1.165, 1.54) is 6.20 Å². The number of Topliss-reactive ketones (excluding diaryl/α,β-unsaturated/α-hetero) is 1. The topological polar surface area (TPSA) is 65.7 Å². The average molecular weight is 403 g/mol. The smallest absolute Gasteiger partial charge is 0.433 e. The van der Waals surface area contributed by atoms with Crippen LogP contribution in [0.1, 0.15) is 41.7 Å². The second-order valence-electron chi connectivity index (χ2n) is 7.23. The maximum atomic E-state index is 13.7. The first-order valence-corrected chi connectivity index (χ1v) is 9.32. The highest BCUT2D eigenvalue weighted by molar-refractivity contribution is 6.03. The monoisotopic (exact) mass is 403 g/mol. The Labute approximate surface area is 163 Å². The third-order valence-electron chi connectivity index (χ3n) is 5.42. The maximum absolute atomic E-state index is 13.7. The number of aromatic nitrogens is 3. The van der Waals surface area contributed by atoms with Gasteiger partial charge in [0.25, 0.3) is 0 Å². The summed E-state index contributed by atoms with van der Waals surface area (Å²) in [6.07, 6.45) is -0.0967. The molecule has 29 heavy (non-hydrogen) atoms. The van der Waals surface area contributed by atoms with Crippen molar-refractivity contribution in [1.82, 2.24) is 14.6 Å². The highest BCUT2D eigenvalue weighted by Crippen LogP contribution is 2.38. The van der Waals surface area contributed by atoms with Crippen LogP contribution in [0.4, 0.5) is 13.2 Å². The second-order valence-corrected chi connectivity index (χ2v) is 7.23.